The van der Waals surface area contributed by atoms with Crippen molar-refractivity contribution >= 4 is 11.9 Å². The zero-order chi connectivity index (χ0) is 18.8. The van der Waals surface area contributed by atoms with Crippen LogP contribution in [0.5, 0.6) is 0 Å². The molecule has 0 spiro atoms. The Morgan fingerprint density at radius 2 is 1.46 bits per heavy atom. The third-order valence-electron chi connectivity index (χ3n) is 4.05. The number of carbonyl (C=O) groups is 2. The Morgan fingerprint density at radius 3 is 1.96 bits per heavy atom. The van der Waals surface area contributed by atoms with Gasteiger partial charge in [0.2, 0.25) is 0 Å². The number of hydrogen-bond donors (Lipinski definition) is 0. The summed E-state index contributed by atoms with van der Waals surface area (Å²) in [6, 6.07) is 7.39. The summed E-state index contributed by atoms with van der Waals surface area (Å²) < 4.78 is 9.85. The highest BCUT2D eigenvalue weighted by molar-refractivity contribution is 5.86. The van der Waals surface area contributed by atoms with Crippen LogP contribution < -0.4 is 0 Å². The summed E-state index contributed by atoms with van der Waals surface area (Å²) >= 11 is 0. The van der Waals surface area contributed by atoms with Gasteiger partial charge in [0.15, 0.2) is 0 Å². The predicted octanol–water partition coefficient (Wildman–Crippen LogP) is 2.86. The Kier molecular flexibility index (Phi) is 7.26. The van der Waals surface area contributed by atoms with Crippen molar-refractivity contribution in [3.8, 4) is 0 Å². The molecular weight excluding hydrogens is 332 g/mol. The quantitative estimate of drug-likeness (QED) is 0.741. The zero-order valence-electron chi connectivity index (χ0n) is 15.2. The van der Waals surface area contributed by atoms with E-state index in [4.69, 9.17) is 9.47 Å². The molecular formula is C20H24N2O4. The molecule has 0 aliphatic heterocycles. The first kappa shape index (κ1) is 19.6. The van der Waals surface area contributed by atoms with Crippen molar-refractivity contribution in [2.45, 2.75) is 38.5 Å². The van der Waals surface area contributed by atoms with Gasteiger partial charge < -0.3 is 9.47 Å². The highest BCUT2D eigenvalue weighted by Crippen LogP contribution is 2.48. The summed E-state index contributed by atoms with van der Waals surface area (Å²) in [6.45, 7) is 4.51. The van der Waals surface area contributed by atoms with E-state index in [1.807, 2.05) is 19.1 Å². The fourth-order valence-corrected chi connectivity index (χ4v) is 2.56. The number of carbonyl (C=O) groups excluding carboxylic acids is 2. The van der Waals surface area contributed by atoms with Crippen LogP contribution in [0.25, 0.3) is 0 Å². The summed E-state index contributed by atoms with van der Waals surface area (Å²) in [5.74, 6) is -0.282. The van der Waals surface area contributed by atoms with Crippen LogP contribution >= 0.6 is 0 Å². The molecule has 0 saturated heterocycles. The Bertz CT molecular complexity index is 700. The fraction of sp³-hybridized carbons (Fsp3) is 0.400. The second kappa shape index (κ2) is 9.65. The molecule has 2 aromatic heterocycles. The van der Waals surface area contributed by atoms with Crippen LogP contribution in [0.3, 0.4) is 0 Å². The molecule has 1 saturated carbocycles. The first-order chi connectivity index (χ1) is 12.6. The third-order valence-corrected chi connectivity index (χ3v) is 4.05. The van der Waals surface area contributed by atoms with Crippen LogP contribution in [0.2, 0.25) is 0 Å². The Hall–Kier alpha value is -2.76. The lowest BCUT2D eigenvalue weighted by Gasteiger charge is -2.13. The lowest BCUT2D eigenvalue weighted by molar-refractivity contribution is -0.146. The molecule has 0 amide bonds. The van der Waals surface area contributed by atoms with Crippen LogP contribution in [0.4, 0.5) is 0 Å². The lowest BCUT2D eigenvalue weighted by atomic mass is 9.97. The van der Waals surface area contributed by atoms with E-state index in [2.05, 4.69) is 9.97 Å². The monoisotopic (exact) mass is 356 g/mol. The molecule has 0 bridgehead atoms. The molecule has 6 nitrogen and oxygen atoms in total. The van der Waals surface area contributed by atoms with Gasteiger partial charge in [-0.05, 0) is 62.1 Å². The van der Waals surface area contributed by atoms with Crippen molar-refractivity contribution in [2.75, 3.05) is 13.2 Å². The number of aromatic nitrogens is 2. The van der Waals surface area contributed by atoms with Crippen LogP contribution in [0.15, 0.2) is 49.1 Å². The lowest BCUT2D eigenvalue weighted by Crippen LogP contribution is -2.23. The second-order valence-corrected chi connectivity index (χ2v) is 5.88. The number of rotatable bonds is 6. The van der Waals surface area contributed by atoms with Gasteiger partial charge in [-0.1, -0.05) is 0 Å². The van der Waals surface area contributed by atoms with E-state index < -0.39 is 0 Å². The van der Waals surface area contributed by atoms with Crippen molar-refractivity contribution in [2.24, 2.45) is 0 Å². The molecule has 26 heavy (non-hydrogen) atoms. The molecule has 6 heteroatoms. The van der Waals surface area contributed by atoms with Gasteiger partial charge in [-0.3, -0.25) is 19.6 Å². The topological polar surface area (TPSA) is 78.4 Å². The van der Waals surface area contributed by atoms with Gasteiger partial charge in [0.05, 0.1) is 25.0 Å². The van der Waals surface area contributed by atoms with Gasteiger partial charge in [0.25, 0.3) is 0 Å². The van der Waals surface area contributed by atoms with E-state index in [1.54, 1.807) is 43.8 Å². The van der Waals surface area contributed by atoms with Gasteiger partial charge in [-0.25, -0.2) is 0 Å². The molecule has 0 radical (unpaired) electrons. The Balaban J connectivity index is 0.000000190. The van der Waals surface area contributed by atoms with Crippen molar-refractivity contribution < 1.29 is 19.1 Å². The van der Waals surface area contributed by atoms with Crippen LogP contribution in [0, 0.1) is 0 Å². The fourth-order valence-electron chi connectivity index (χ4n) is 2.56. The first-order valence-electron chi connectivity index (χ1n) is 8.74. The maximum Gasteiger partial charge on any atom is 0.316 e. The van der Waals surface area contributed by atoms with Gasteiger partial charge in [-0.2, -0.15) is 0 Å². The predicted molar refractivity (Wildman–Crippen MR) is 96.4 cm³/mol. The van der Waals surface area contributed by atoms with E-state index in [1.165, 1.54) is 0 Å². The van der Waals surface area contributed by atoms with Gasteiger partial charge in [0, 0.05) is 24.8 Å². The highest BCUT2D eigenvalue weighted by Gasteiger charge is 2.52. The van der Waals surface area contributed by atoms with E-state index in [0.717, 1.165) is 24.0 Å². The molecule has 0 atom stereocenters. The number of ether oxygens (including phenoxy) is 2. The van der Waals surface area contributed by atoms with E-state index in [9.17, 15) is 9.59 Å². The molecule has 2 aromatic rings. The zero-order valence-corrected chi connectivity index (χ0v) is 15.2. The van der Waals surface area contributed by atoms with E-state index in [0.29, 0.717) is 19.6 Å². The van der Waals surface area contributed by atoms with Crippen molar-refractivity contribution in [3.63, 3.8) is 0 Å². The molecule has 1 fully saturated rings. The highest BCUT2D eigenvalue weighted by atomic mass is 16.5. The summed E-state index contributed by atoms with van der Waals surface area (Å²) in [6.07, 6.45) is 8.88. The standard InChI is InChI=1S/C11H13NO2.C9H11NO2/c1-2-14-10(13)11(5-6-11)9-3-7-12-8-4-9;1-2-12-9(11)7-8-3-5-10-6-4-8/h3-4,7-8H,2,5-6H2,1H3;3-6H,2,7H2,1H3. The van der Waals surface area contributed by atoms with Crippen molar-refractivity contribution in [1.29, 1.82) is 0 Å². The largest absolute Gasteiger partial charge is 0.466 e. The van der Waals surface area contributed by atoms with Crippen LogP contribution in [0.1, 0.15) is 37.8 Å². The van der Waals surface area contributed by atoms with Gasteiger partial charge in [-0.15, -0.1) is 0 Å². The third kappa shape index (κ3) is 5.37. The van der Waals surface area contributed by atoms with E-state index >= 15 is 0 Å². The summed E-state index contributed by atoms with van der Waals surface area (Å²) in [5, 5.41) is 0. The summed E-state index contributed by atoms with van der Waals surface area (Å²) in [7, 11) is 0. The summed E-state index contributed by atoms with van der Waals surface area (Å²) in [4.78, 5) is 30.4. The first-order valence-corrected chi connectivity index (χ1v) is 8.74. The molecule has 0 N–H and O–H groups in total. The van der Waals surface area contributed by atoms with Gasteiger partial charge in [0.1, 0.15) is 0 Å². The van der Waals surface area contributed by atoms with Gasteiger partial charge >= 0.3 is 11.9 Å². The second-order valence-electron chi connectivity index (χ2n) is 5.88. The normalized spacial score (nSPS) is 13.8. The number of hydrogen-bond acceptors (Lipinski definition) is 6. The Morgan fingerprint density at radius 1 is 0.923 bits per heavy atom. The average Bonchev–Trinajstić information content (AvgIpc) is 3.46. The van der Waals surface area contributed by atoms with E-state index in [-0.39, 0.29) is 17.4 Å². The smallest absolute Gasteiger partial charge is 0.316 e. The van der Waals surface area contributed by atoms with Crippen molar-refractivity contribution in [3.05, 3.63) is 60.2 Å². The number of nitrogens with zero attached hydrogens (tertiary/aromatic N) is 2. The molecule has 0 aromatic carbocycles. The Labute approximate surface area is 153 Å². The van der Waals surface area contributed by atoms with Crippen LogP contribution in [-0.2, 0) is 30.9 Å². The minimum atomic E-state index is -0.348. The molecule has 0 unspecified atom stereocenters. The average molecular weight is 356 g/mol. The van der Waals surface area contributed by atoms with Crippen LogP contribution in [-0.4, -0.2) is 35.1 Å². The summed E-state index contributed by atoms with van der Waals surface area (Å²) in [5.41, 5.74) is 1.62. The maximum atomic E-state index is 11.7. The molecule has 138 valence electrons. The molecule has 1 aliphatic carbocycles. The number of esters is 2. The SMILES string of the molecule is CCOC(=O)C1(c2ccncc2)CC1.CCOC(=O)Cc1ccncc1. The maximum absolute atomic E-state index is 11.7. The molecule has 3 rings (SSSR count). The number of pyridine rings is 2. The minimum absolute atomic E-state index is 0.0915. The molecule has 1 aliphatic rings. The van der Waals surface area contributed by atoms with Crippen molar-refractivity contribution in [1.82, 2.24) is 9.97 Å². The molecule has 2 heterocycles. The minimum Gasteiger partial charge on any atom is -0.466 e.